The Morgan fingerprint density at radius 1 is 1.19 bits per heavy atom. The molecule has 0 aliphatic heterocycles. The van der Waals surface area contributed by atoms with Gasteiger partial charge in [0.15, 0.2) is 5.76 Å². The molecular formula is C18H17ClN2O4S. The third-order valence-electron chi connectivity index (χ3n) is 4.00. The summed E-state index contributed by atoms with van der Waals surface area (Å²) in [5.74, 6) is -0.946. The highest BCUT2D eigenvalue weighted by Gasteiger charge is 2.23. The number of halogens is 1. The predicted octanol–water partition coefficient (Wildman–Crippen LogP) is 3.66. The summed E-state index contributed by atoms with van der Waals surface area (Å²) < 4.78 is 32.3. The smallest absolute Gasteiger partial charge is 0.300 e. The van der Waals surface area contributed by atoms with Crippen LogP contribution in [-0.2, 0) is 10.0 Å². The number of fused-ring (bicyclic) bond motifs is 1. The number of amides is 1. The lowest BCUT2D eigenvalue weighted by Gasteiger charge is -2.15. The molecule has 0 radical (unpaired) electrons. The van der Waals surface area contributed by atoms with E-state index in [1.54, 1.807) is 12.1 Å². The number of carbonyl (C=O) groups is 1. The molecule has 8 heteroatoms. The number of hydrogen-bond acceptors (Lipinski definition) is 5. The van der Waals surface area contributed by atoms with E-state index >= 15 is 0 Å². The first-order chi connectivity index (χ1) is 12.3. The van der Waals surface area contributed by atoms with Crippen LogP contribution in [0.5, 0.6) is 0 Å². The summed E-state index contributed by atoms with van der Waals surface area (Å²) in [5.41, 5.74) is 1.44. The minimum atomic E-state index is -4.10. The molecule has 136 valence electrons. The van der Waals surface area contributed by atoms with Crippen LogP contribution in [0.2, 0.25) is 5.02 Å². The summed E-state index contributed by atoms with van der Waals surface area (Å²) in [6.45, 7) is 2.83. The van der Waals surface area contributed by atoms with Gasteiger partial charge in [-0.05, 0) is 37.3 Å². The third-order valence-corrected chi connectivity index (χ3v) is 5.83. The molecule has 2 aromatic carbocycles. The van der Waals surface area contributed by atoms with Crippen molar-refractivity contribution < 1.29 is 17.6 Å². The SMILES string of the molecule is CCN(C)c1ccc2cc(C(=O)NS(=O)(=O)c3ccccc3Cl)oc2c1. The Balaban J connectivity index is 1.89. The van der Waals surface area contributed by atoms with Crippen LogP contribution >= 0.6 is 11.6 Å². The highest BCUT2D eigenvalue weighted by Crippen LogP contribution is 2.25. The molecule has 1 N–H and O–H groups in total. The van der Waals surface area contributed by atoms with Crippen LogP contribution in [0.3, 0.4) is 0 Å². The molecular weight excluding hydrogens is 376 g/mol. The van der Waals surface area contributed by atoms with Crippen molar-refractivity contribution >= 4 is 44.2 Å². The normalized spacial score (nSPS) is 11.5. The molecule has 3 aromatic rings. The third kappa shape index (κ3) is 3.54. The maximum atomic E-state index is 12.4. The number of sulfonamides is 1. The Bertz CT molecular complexity index is 1080. The second-order valence-corrected chi connectivity index (χ2v) is 7.77. The van der Waals surface area contributed by atoms with E-state index in [2.05, 4.69) is 0 Å². The van der Waals surface area contributed by atoms with Gasteiger partial charge in [0.05, 0.1) is 5.02 Å². The first-order valence-corrected chi connectivity index (χ1v) is 9.74. The zero-order valence-electron chi connectivity index (χ0n) is 14.2. The fourth-order valence-corrected chi connectivity index (χ4v) is 3.92. The minimum absolute atomic E-state index is 0.0321. The number of benzene rings is 2. The van der Waals surface area contributed by atoms with Crippen LogP contribution in [0.4, 0.5) is 5.69 Å². The van der Waals surface area contributed by atoms with E-state index in [9.17, 15) is 13.2 Å². The second-order valence-electron chi connectivity index (χ2n) is 5.71. The van der Waals surface area contributed by atoms with Gasteiger partial charge in [0.1, 0.15) is 10.5 Å². The summed E-state index contributed by atoms with van der Waals surface area (Å²) in [6, 6.07) is 12.9. The highest BCUT2D eigenvalue weighted by atomic mass is 35.5. The fourth-order valence-electron chi connectivity index (χ4n) is 2.44. The van der Waals surface area contributed by atoms with Crippen molar-refractivity contribution in [1.82, 2.24) is 4.72 Å². The summed E-state index contributed by atoms with van der Waals surface area (Å²) in [6.07, 6.45) is 0. The number of carbonyl (C=O) groups excluding carboxylic acids is 1. The molecule has 0 saturated carbocycles. The molecule has 3 rings (SSSR count). The van der Waals surface area contributed by atoms with Crippen molar-refractivity contribution in [2.24, 2.45) is 0 Å². The number of furan rings is 1. The molecule has 0 fully saturated rings. The van der Waals surface area contributed by atoms with Gasteiger partial charge in [0.2, 0.25) is 0 Å². The number of anilines is 1. The molecule has 0 saturated heterocycles. The Hall–Kier alpha value is -2.51. The number of nitrogens with zero attached hydrogens (tertiary/aromatic N) is 1. The van der Waals surface area contributed by atoms with Crippen LogP contribution in [0.25, 0.3) is 11.0 Å². The molecule has 0 bridgehead atoms. The van der Waals surface area contributed by atoms with Gasteiger partial charge < -0.3 is 9.32 Å². The van der Waals surface area contributed by atoms with Crippen LogP contribution < -0.4 is 9.62 Å². The van der Waals surface area contributed by atoms with Crippen LogP contribution in [0, 0.1) is 0 Å². The molecule has 1 heterocycles. The lowest BCUT2D eigenvalue weighted by atomic mass is 10.2. The maximum absolute atomic E-state index is 12.4. The van der Waals surface area contributed by atoms with Crippen molar-refractivity contribution in [3.05, 3.63) is 59.3 Å². The van der Waals surface area contributed by atoms with E-state index in [0.29, 0.717) is 11.0 Å². The topological polar surface area (TPSA) is 79.6 Å². The Morgan fingerprint density at radius 2 is 1.92 bits per heavy atom. The van der Waals surface area contributed by atoms with E-state index in [4.69, 9.17) is 16.0 Å². The van der Waals surface area contributed by atoms with E-state index < -0.39 is 15.9 Å². The Morgan fingerprint density at radius 3 is 2.62 bits per heavy atom. The average Bonchev–Trinajstić information content (AvgIpc) is 3.04. The summed E-state index contributed by atoms with van der Waals surface area (Å²) >= 11 is 5.90. The monoisotopic (exact) mass is 392 g/mol. The standard InChI is InChI=1S/C18H17ClN2O4S/c1-3-21(2)13-9-8-12-10-16(25-15(12)11-13)18(22)20-26(23,24)17-7-5-4-6-14(17)19/h4-11H,3H2,1-2H3,(H,20,22). The summed E-state index contributed by atoms with van der Waals surface area (Å²) in [7, 11) is -2.16. The highest BCUT2D eigenvalue weighted by molar-refractivity contribution is 7.90. The number of rotatable bonds is 5. The van der Waals surface area contributed by atoms with E-state index in [-0.39, 0.29) is 15.7 Å². The molecule has 0 aliphatic rings. The maximum Gasteiger partial charge on any atom is 0.300 e. The number of hydrogen-bond donors (Lipinski definition) is 1. The molecule has 26 heavy (non-hydrogen) atoms. The van der Waals surface area contributed by atoms with Gasteiger partial charge in [-0.15, -0.1) is 0 Å². The van der Waals surface area contributed by atoms with E-state index in [1.165, 1.54) is 24.3 Å². The van der Waals surface area contributed by atoms with Gasteiger partial charge in [-0.2, -0.15) is 0 Å². The van der Waals surface area contributed by atoms with Crippen molar-refractivity contribution in [1.29, 1.82) is 0 Å². The van der Waals surface area contributed by atoms with Crippen LogP contribution in [0.1, 0.15) is 17.5 Å². The largest absolute Gasteiger partial charge is 0.451 e. The minimum Gasteiger partial charge on any atom is -0.451 e. The molecule has 6 nitrogen and oxygen atoms in total. The lowest BCUT2D eigenvalue weighted by molar-refractivity contribution is 0.0956. The van der Waals surface area contributed by atoms with Crippen molar-refractivity contribution in [3.8, 4) is 0 Å². The van der Waals surface area contributed by atoms with Crippen molar-refractivity contribution in [2.45, 2.75) is 11.8 Å². The Kier molecular flexibility index (Phi) is 4.93. The van der Waals surface area contributed by atoms with Gasteiger partial charge in [-0.25, -0.2) is 13.1 Å². The first-order valence-electron chi connectivity index (χ1n) is 7.88. The predicted molar refractivity (Wildman–Crippen MR) is 101 cm³/mol. The molecule has 0 spiro atoms. The van der Waals surface area contributed by atoms with Crippen LogP contribution in [0.15, 0.2) is 57.8 Å². The van der Waals surface area contributed by atoms with Crippen molar-refractivity contribution in [3.63, 3.8) is 0 Å². The summed E-state index contributed by atoms with van der Waals surface area (Å²) in [4.78, 5) is 14.2. The first kappa shape index (κ1) is 18.3. The van der Waals surface area contributed by atoms with Gasteiger partial charge in [0, 0.05) is 30.7 Å². The van der Waals surface area contributed by atoms with Crippen molar-refractivity contribution in [2.75, 3.05) is 18.5 Å². The quantitative estimate of drug-likeness (QED) is 0.716. The molecule has 0 unspecified atom stereocenters. The average molecular weight is 393 g/mol. The van der Waals surface area contributed by atoms with Crippen LogP contribution in [-0.4, -0.2) is 27.9 Å². The zero-order chi connectivity index (χ0) is 18.9. The van der Waals surface area contributed by atoms with E-state index in [1.807, 2.05) is 35.7 Å². The molecule has 0 atom stereocenters. The second kappa shape index (κ2) is 7.01. The fraction of sp³-hybridized carbons (Fsp3) is 0.167. The lowest BCUT2D eigenvalue weighted by Crippen LogP contribution is -2.30. The van der Waals surface area contributed by atoms with Gasteiger partial charge in [0.25, 0.3) is 10.0 Å². The van der Waals surface area contributed by atoms with Gasteiger partial charge >= 0.3 is 5.91 Å². The molecule has 0 aliphatic carbocycles. The van der Waals surface area contributed by atoms with Gasteiger partial charge in [-0.3, -0.25) is 4.79 Å². The number of nitrogens with one attached hydrogen (secondary N) is 1. The Labute approximate surface area is 156 Å². The zero-order valence-corrected chi connectivity index (χ0v) is 15.8. The van der Waals surface area contributed by atoms with Gasteiger partial charge in [-0.1, -0.05) is 23.7 Å². The molecule has 1 aromatic heterocycles. The molecule has 1 amide bonds. The summed E-state index contributed by atoms with van der Waals surface area (Å²) in [5, 5.41) is 0.739. The van der Waals surface area contributed by atoms with E-state index in [0.717, 1.165) is 12.2 Å².